The van der Waals surface area contributed by atoms with Gasteiger partial charge in [0.05, 0.1) is 0 Å². The van der Waals surface area contributed by atoms with Gasteiger partial charge in [-0.25, -0.2) is 14.4 Å². The predicted molar refractivity (Wildman–Crippen MR) is 59.8 cm³/mol. The van der Waals surface area contributed by atoms with Crippen molar-refractivity contribution >= 4 is 17.4 Å². The maximum atomic E-state index is 12.5. The lowest BCUT2D eigenvalue weighted by Gasteiger charge is -1.92. The van der Waals surface area contributed by atoms with E-state index in [4.69, 9.17) is 0 Å². The number of nitrogens with zero attached hydrogens (tertiary/aromatic N) is 2. The Morgan fingerprint density at radius 3 is 2.80 bits per heavy atom. The van der Waals surface area contributed by atoms with Crippen molar-refractivity contribution in [2.75, 3.05) is 0 Å². The summed E-state index contributed by atoms with van der Waals surface area (Å²) in [5, 5.41) is 1.89. The molecule has 2 aromatic rings. The molecule has 0 aliphatic heterocycles. The smallest absolute Gasteiger partial charge is 0.159 e. The van der Waals surface area contributed by atoms with E-state index in [2.05, 4.69) is 16.9 Å². The van der Waals surface area contributed by atoms with Crippen molar-refractivity contribution in [2.24, 2.45) is 0 Å². The second kappa shape index (κ2) is 4.31. The summed E-state index contributed by atoms with van der Waals surface area (Å²) in [6, 6.07) is 3.59. The molecule has 0 aromatic carbocycles. The van der Waals surface area contributed by atoms with Crippen LogP contribution in [-0.4, -0.2) is 9.97 Å². The van der Waals surface area contributed by atoms with Crippen molar-refractivity contribution in [2.45, 2.75) is 0 Å². The van der Waals surface area contributed by atoms with Crippen LogP contribution < -0.4 is 0 Å². The highest BCUT2D eigenvalue weighted by Gasteiger charge is 2.02. The quantitative estimate of drug-likeness (QED) is 0.774. The SMILES string of the molecule is [CH2]/C(F)=C/c1cc(-c2ncccn2)cs1. The highest BCUT2D eigenvalue weighted by molar-refractivity contribution is 7.11. The van der Waals surface area contributed by atoms with Crippen LogP contribution in [0.4, 0.5) is 4.39 Å². The summed E-state index contributed by atoms with van der Waals surface area (Å²) >= 11 is 1.44. The Labute approximate surface area is 91.1 Å². The van der Waals surface area contributed by atoms with Crippen molar-refractivity contribution < 1.29 is 4.39 Å². The van der Waals surface area contributed by atoms with Crippen molar-refractivity contribution in [3.63, 3.8) is 0 Å². The number of rotatable bonds is 2. The zero-order valence-electron chi connectivity index (χ0n) is 7.85. The van der Waals surface area contributed by atoms with Crippen LogP contribution in [0.5, 0.6) is 0 Å². The fourth-order valence-electron chi connectivity index (χ4n) is 1.15. The Morgan fingerprint density at radius 1 is 1.40 bits per heavy atom. The summed E-state index contributed by atoms with van der Waals surface area (Å²) in [4.78, 5) is 9.02. The molecule has 1 radical (unpaired) electrons. The Hall–Kier alpha value is -1.55. The molecule has 0 aliphatic rings. The van der Waals surface area contributed by atoms with E-state index in [9.17, 15) is 4.39 Å². The van der Waals surface area contributed by atoms with Crippen LogP contribution in [0.15, 0.2) is 35.7 Å². The fourth-order valence-corrected chi connectivity index (χ4v) is 1.98. The zero-order chi connectivity index (χ0) is 10.7. The number of allylic oxidation sites excluding steroid dienone is 1. The maximum absolute atomic E-state index is 12.5. The molecule has 0 spiro atoms. The van der Waals surface area contributed by atoms with E-state index in [-0.39, 0.29) is 0 Å². The van der Waals surface area contributed by atoms with Gasteiger partial charge in [-0.05, 0) is 18.2 Å². The van der Waals surface area contributed by atoms with E-state index in [0.717, 1.165) is 10.4 Å². The van der Waals surface area contributed by atoms with Crippen molar-refractivity contribution in [1.29, 1.82) is 0 Å². The average Bonchev–Trinajstić information content (AvgIpc) is 2.67. The number of hydrogen-bond acceptors (Lipinski definition) is 3. The molecular formula is C11H8FN2S. The van der Waals surface area contributed by atoms with Gasteiger partial charge in [0.25, 0.3) is 0 Å². The minimum Gasteiger partial charge on any atom is -0.237 e. The lowest BCUT2D eigenvalue weighted by atomic mass is 10.3. The molecule has 2 aromatic heterocycles. The molecule has 4 heteroatoms. The number of aromatic nitrogens is 2. The van der Waals surface area contributed by atoms with E-state index < -0.39 is 5.83 Å². The molecular weight excluding hydrogens is 211 g/mol. The molecule has 2 rings (SSSR count). The van der Waals surface area contributed by atoms with E-state index in [1.54, 1.807) is 18.5 Å². The van der Waals surface area contributed by atoms with Gasteiger partial charge >= 0.3 is 0 Å². The molecule has 0 N–H and O–H groups in total. The number of thiophene rings is 1. The minimum atomic E-state index is -0.447. The van der Waals surface area contributed by atoms with Gasteiger partial charge < -0.3 is 0 Å². The Morgan fingerprint density at radius 2 is 2.13 bits per heavy atom. The van der Waals surface area contributed by atoms with Crippen molar-refractivity contribution in [3.05, 3.63) is 47.5 Å². The Kier molecular flexibility index (Phi) is 2.87. The Balaban J connectivity index is 2.32. The first-order chi connectivity index (χ1) is 7.25. The molecule has 15 heavy (non-hydrogen) atoms. The van der Waals surface area contributed by atoms with Crippen LogP contribution >= 0.6 is 11.3 Å². The first-order valence-corrected chi connectivity index (χ1v) is 5.19. The summed E-state index contributed by atoms with van der Waals surface area (Å²) in [5.41, 5.74) is 0.896. The second-order valence-electron chi connectivity index (χ2n) is 2.90. The lowest BCUT2D eigenvalue weighted by Crippen LogP contribution is -1.83. The summed E-state index contributed by atoms with van der Waals surface area (Å²) in [6.07, 6.45) is 4.74. The molecule has 75 valence electrons. The highest BCUT2D eigenvalue weighted by atomic mass is 32.1. The maximum Gasteiger partial charge on any atom is 0.159 e. The molecule has 0 unspecified atom stereocenters. The normalized spacial score (nSPS) is 11.7. The van der Waals surface area contributed by atoms with Crippen LogP contribution in [0.3, 0.4) is 0 Å². The molecule has 0 fully saturated rings. The van der Waals surface area contributed by atoms with Crippen LogP contribution in [0.25, 0.3) is 17.5 Å². The van der Waals surface area contributed by atoms with E-state index in [1.807, 2.05) is 11.4 Å². The van der Waals surface area contributed by atoms with Gasteiger partial charge in [-0.2, -0.15) is 0 Å². The molecule has 0 aliphatic carbocycles. The largest absolute Gasteiger partial charge is 0.237 e. The first kappa shape index (κ1) is 9.98. The van der Waals surface area contributed by atoms with Crippen LogP contribution in [0.1, 0.15) is 4.88 Å². The van der Waals surface area contributed by atoms with E-state index in [0.29, 0.717) is 5.82 Å². The summed E-state index contributed by atoms with van der Waals surface area (Å²) in [7, 11) is 0. The monoisotopic (exact) mass is 219 g/mol. The molecule has 0 amide bonds. The first-order valence-electron chi connectivity index (χ1n) is 4.31. The third-order valence-corrected chi connectivity index (χ3v) is 2.62. The van der Waals surface area contributed by atoms with Crippen LogP contribution in [0.2, 0.25) is 0 Å². The molecule has 0 bridgehead atoms. The van der Waals surface area contributed by atoms with E-state index >= 15 is 0 Å². The fraction of sp³-hybridized carbons (Fsp3) is 0. The zero-order valence-corrected chi connectivity index (χ0v) is 8.67. The summed E-state index contributed by atoms with van der Waals surface area (Å²) < 4.78 is 12.5. The Bertz CT molecular complexity index is 472. The van der Waals surface area contributed by atoms with Gasteiger partial charge in [0, 0.05) is 35.1 Å². The predicted octanol–water partition coefficient (Wildman–Crippen LogP) is 3.35. The standard InChI is InChI=1S/C11H8FN2S/c1-8(12)5-10-6-9(7-15-10)11-13-3-2-4-14-11/h2-7H,1H2/b8-5-. The van der Waals surface area contributed by atoms with Gasteiger partial charge in [-0.3, -0.25) is 0 Å². The van der Waals surface area contributed by atoms with Crippen molar-refractivity contribution in [3.8, 4) is 11.4 Å². The van der Waals surface area contributed by atoms with Crippen LogP contribution in [0, 0.1) is 6.92 Å². The average molecular weight is 219 g/mol. The van der Waals surface area contributed by atoms with Crippen molar-refractivity contribution in [1.82, 2.24) is 9.97 Å². The molecule has 2 nitrogen and oxygen atoms in total. The third-order valence-electron chi connectivity index (χ3n) is 1.74. The molecule has 0 atom stereocenters. The van der Waals surface area contributed by atoms with Crippen LogP contribution in [-0.2, 0) is 0 Å². The van der Waals surface area contributed by atoms with Gasteiger partial charge in [-0.15, -0.1) is 11.3 Å². The van der Waals surface area contributed by atoms with E-state index in [1.165, 1.54) is 17.4 Å². The molecule has 0 saturated heterocycles. The second-order valence-corrected chi connectivity index (χ2v) is 3.84. The topological polar surface area (TPSA) is 25.8 Å². The van der Waals surface area contributed by atoms with Gasteiger partial charge in [0.1, 0.15) is 5.83 Å². The third kappa shape index (κ3) is 2.47. The minimum absolute atomic E-state index is 0.447. The summed E-state index contributed by atoms with van der Waals surface area (Å²) in [5.74, 6) is 0.204. The highest BCUT2D eigenvalue weighted by Crippen LogP contribution is 2.24. The lowest BCUT2D eigenvalue weighted by molar-refractivity contribution is 0.673. The van der Waals surface area contributed by atoms with Gasteiger partial charge in [0.15, 0.2) is 5.82 Å². The number of halogens is 1. The number of hydrogen-bond donors (Lipinski definition) is 0. The van der Waals surface area contributed by atoms with Gasteiger partial charge in [-0.1, -0.05) is 0 Å². The summed E-state index contributed by atoms with van der Waals surface area (Å²) in [6.45, 7) is 3.19. The van der Waals surface area contributed by atoms with Gasteiger partial charge in [0.2, 0.25) is 0 Å². The molecule has 0 saturated carbocycles. The molecule has 2 heterocycles.